The van der Waals surface area contributed by atoms with Gasteiger partial charge >= 0.3 is 0 Å². The molecule has 0 spiro atoms. The SMILES string of the molecule is COc1nc(N(C)C)sc1CNC1CC(OC)C1. The molecule has 1 aliphatic carbocycles. The van der Waals surface area contributed by atoms with Gasteiger partial charge in [-0.25, -0.2) is 0 Å². The molecule has 1 fully saturated rings. The second-order valence-electron chi connectivity index (χ2n) is 4.73. The molecule has 0 aliphatic heterocycles. The number of aromatic nitrogens is 1. The highest BCUT2D eigenvalue weighted by Gasteiger charge is 2.28. The zero-order valence-electron chi connectivity index (χ0n) is 11.4. The minimum Gasteiger partial charge on any atom is -0.480 e. The molecule has 1 aromatic rings. The summed E-state index contributed by atoms with van der Waals surface area (Å²) >= 11 is 1.67. The van der Waals surface area contributed by atoms with Crippen LogP contribution in [0.1, 0.15) is 17.7 Å². The van der Waals surface area contributed by atoms with E-state index in [4.69, 9.17) is 9.47 Å². The van der Waals surface area contributed by atoms with Crippen LogP contribution in [-0.4, -0.2) is 45.4 Å². The van der Waals surface area contributed by atoms with Crippen LogP contribution in [0.25, 0.3) is 0 Å². The summed E-state index contributed by atoms with van der Waals surface area (Å²) in [6, 6.07) is 0.560. The molecule has 0 unspecified atom stereocenters. The highest BCUT2D eigenvalue weighted by atomic mass is 32.1. The molecule has 1 N–H and O–H groups in total. The Morgan fingerprint density at radius 2 is 2.11 bits per heavy atom. The monoisotopic (exact) mass is 271 g/mol. The molecule has 2 rings (SSSR count). The highest BCUT2D eigenvalue weighted by Crippen LogP contribution is 2.31. The molecule has 6 heteroatoms. The number of rotatable bonds is 6. The average Bonchev–Trinajstić information content (AvgIpc) is 2.70. The van der Waals surface area contributed by atoms with Gasteiger partial charge in [-0.15, -0.1) is 0 Å². The maximum atomic E-state index is 5.31. The van der Waals surface area contributed by atoms with Crippen molar-refractivity contribution in [2.45, 2.75) is 31.5 Å². The summed E-state index contributed by atoms with van der Waals surface area (Å²) in [5.74, 6) is 0.735. The maximum Gasteiger partial charge on any atom is 0.230 e. The summed E-state index contributed by atoms with van der Waals surface area (Å²) in [5.41, 5.74) is 0. The topological polar surface area (TPSA) is 46.6 Å². The van der Waals surface area contributed by atoms with Crippen molar-refractivity contribution in [1.82, 2.24) is 10.3 Å². The first kappa shape index (κ1) is 13.6. The van der Waals surface area contributed by atoms with Crippen molar-refractivity contribution in [3.63, 3.8) is 0 Å². The number of methoxy groups -OCH3 is 2. The highest BCUT2D eigenvalue weighted by molar-refractivity contribution is 7.15. The van der Waals surface area contributed by atoms with Gasteiger partial charge in [-0.05, 0) is 12.8 Å². The first-order chi connectivity index (χ1) is 8.63. The number of nitrogens with one attached hydrogen (secondary N) is 1. The van der Waals surface area contributed by atoms with Gasteiger partial charge in [-0.1, -0.05) is 11.3 Å². The number of ether oxygens (including phenoxy) is 2. The lowest BCUT2D eigenvalue weighted by Crippen LogP contribution is -2.44. The zero-order chi connectivity index (χ0) is 13.1. The lowest BCUT2D eigenvalue weighted by Gasteiger charge is -2.34. The third-order valence-electron chi connectivity index (χ3n) is 3.21. The summed E-state index contributed by atoms with van der Waals surface area (Å²) in [6.45, 7) is 0.815. The predicted octanol–water partition coefficient (Wildman–Crippen LogP) is 1.48. The van der Waals surface area contributed by atoms with Crippen molar-refractivity contribution in [2.24, 2.45) is 0 Å². The van der Waals surface area contributed by atoms with Crippen LogP contribution in [0.3, 0.4) is 0 Å². The van der Waals surface area contributed by atoms with E-state index in [2.05, 4.69) is 10.3 Å². The quantitative estimate of drug-likeness (QED) is 0.849. The smallest absolute Gasteiger partial charge is 0.230 e. The summed E-state index contributed by atoms with van der Waals surface area (Å²) in [7, 11) is 7.42. The normalized spacial score (nSPS) is 22.7. The van der Waals surface area contributed by atoms with Crippen LogP contribution in [0.5, 0.6) is 5.88 Å². The van der Waals surface area contributed by atoms with Crippen LogP contribution in [0.15, 0.2) is 0 Å². The lowest BCUT2D eigenvalue weighted by molar-refractivity contribution is 0.0170. The first-order valence-corrected chi connectivity index (χ1v) is 6.93. The van der Waals surface area contributed by atoms with E-state index in [0.29, 0.717) is 12.1 Å². The molecule has 18 heavy (non-hydrogen) atoms. The number of hydrogen-bond acceptors (Lipinski definition) is 6. The Morgan fingerprint density at radius 1 is 1.39 bits per heavy atom. The van der Waals surface area contributed by atoms with E-state index in [0.717, 1.165) is 35.3 Å². The van der Waals surface area contributed by atoms with Gasteiger partial charge in [-0.2, -0.15) is 4.98 Å². The van der Waals surface area contributed by atoms with E-state index in [9.17, 15) is 0 Å². The summed E-state index contributed by atoms with van der Waals surface area (Å²) in [6.07, 6.45) is 2.62. The first-order valence-electron chi connectivity index (χ1n) is 6.11. The van der Waals surface area contributed by atoms with Gasteiger partial charge in [0, 0.05) is 33.8 Å². The summed E-state index contributed by atoms with van der Waals surface area (Å²) in [4.78, 5) is 7.59. The van der Waals surface area contributed by atoms with Crippen LogP contribution in [0.4, 0.5) is 5.13 Å². The minimum absolute atomic E-state index is 0.434. The molecular formula is C12H21N3O2S. The fourth-order valence-corrected chi connectivity index (χ4v) is 2.85. The largest absolute Gasteiger partial charge is 0.480 e. The number of hydrogen-bond donors (Lipinski definition) is 1. The van der Waals surface area contributed by atoms with E-state index in [1.54, 1.807) is 25.6 Å². The van der Waals surface area contributed by atoms with Crippen LogP contribution in [0.2, 0.25) is 0 Å². The van der Waals surface area contributed by atoms with Crippen molar-refractivity contribution in [3.05, 3.63) is 4.88 Å². The summed E-state index contributed by atoms with van der Waals surface area (Å²) < 4.78 is 10.6. The van der Waals surface area contributed by atoms with Crippen molar-refractivity contribution in [1.29, 1.82) is 0 Å². The molecule has 0 atom stereocenters. The third kappa shape index (κ3) is 2.93. The summed E-state index contributed by atoms with van der Waals surface area (Å²) in [5, 5.41) is 4.50. The molecule has 1 saturated carbocycles. The van der Waals surface area contributed by atoms with E-state index < -0.39 is 0 Å². The Morgan fingerprint density at radius 3 is 2.67 bits per heavy atom. The Hall–Kier alpha value is -0.850. The standard InChI is InChI=1S/C12H21N3O2S/c1-15(2)12-14-11(17-4)10(18-12)7-13-8-5-9(6-8)16-3/h8-9,13H,5-7H2,1-4H3. The average molecular weight is 271 g/mol. The van der Waals surface area contributed by atoms with E-state index >= 15 is 0 Å². The molecule has 0 bridgehead atoms. The van der Waals surface area contributed by atoms with E-state index in [1.165, 1.54) is 0 Å². The van der Waals surface area contributed by atoms with E-state index in [1.807, 2.05) is 19.0 Å². The lowest BCUT2D eigenvalue weighted by atomic mass is 9.89. The molecule has 0 aromatic carbocycles. The van der Waals surface area contributed by atoms with E-state index in [-0.39, 0.29) is 0 Å². The molecule has 1 aliphatic rings. The molecule has 1 aromatic heterocycles. The van der Waals surface area contributed by atoms with Crippen molar-refractivity contribution in [3.8, 4) is 5.88 Å². The van der Waals surface area contributed by atoms with Crippen molar-refractivity contribution < 1.29 is 9.47 Å². The van der Waals surface area contributed by atoms with Gasteiger partial charge in [-0.3, -0.25) is 0 Å². The second kappa shape index (κ2) is 5.86. The van der Waals surface area contributed by atoms with Gasteiger partial charge in [0.1, 0.15) is 0 Å². The van der Waals surface area contributed by atoms with Crippen LogP contribution in [0, 0.1) is 0 Å². The Labute approximate surface area is 112 Å². The Kier molecular flexibility index (Phi) is 4.42. The molecule has 0 amide bonds. The van der Waals surface area contributed by atoms with Crippen LogP contribution >= 0.6 is 11.3 Å². The molecule has 0 saturated heterocycles. The molecule has 5 nitrogen and oxygen atoms in total. The van der Waals surface area contributed by atoms with Crippen LogP contribution in [-0.2, 0) is 11.3 Å². The zero-order valence-corrected chi connectivity index (χ0v) is 12.2. The fourth-order valence-electron chi connectivity index (χ4n) is 1.95. The predicted molar refractivity (Wildman–Crippen MR) is 73.7 cm³/mol. The molecule has 102 valence electrons. The van der Waals surface area contributed by atoms with Crippen molar-refractivity contribution >= 4 is 16.5 Å². The number of nitrogens with zero attached hydrogens (tertiary/aromatic N) is 2. The van der Waals surface area contributed by atoms with Crippen LogP contribution < -0.4 is 15.0 Å². The minimum atomic E-state index is 0.434. The Balaban J connectivity index is 1.88. The van der Waals surface area contributed by atoms with Gasteiger partial charge < -0.3 is 19.7 Å². The maximum absolute atomic E-state index is 5.31. The van der Waals surface area contributed by atoms with Gasteiger partial charge in [0.25, 0.3) is 0 Å². The van der Waals surface area contributed by atoms with Gasteiger partial charge in [0.05, 0.1) is 18.1 Å². The van der Waals surface area contributed by atoms with Gasteiger partial charge in [0.2, 0.25) is 5.88 Å². The molecular weight excluding hydrogens is 250 g/mol. The second-order valence-corrected chi connectivity index (χ2v) is 5.79. The fraction of sp³-hybridized carbons (Fsp3) is 0.750. The molecule has 1 heterocycles. The third-order valence-corrected chi connectivity index (χ3v) is 4.41. The molecule has 0 radical (unpaired) electrons. The Bertz CT molecular complexity index is 389. The number of anilines is 1. The number of thiazole rings is 1. The van der Waals surface area contributed by atoms with Crippen molar-refractivity contribution in [2.75, 3.05) is 33.2 Å². The van der Waals surface area contributed by atoms with Gasteiger partial charge in [0.15, 0.2) is 5.13 Å².